The summed E-state index contributed by atoms with van der Waals surface area (Å²) in [6.07, 6.45) is 0.868. The van der Waals surface area contributed by atoms with Crippen LogP contribution in [-0.2, 0) is 4.74 Å². The Morgan fingerprint density at radius 2 is 2.29 bits per heavy atom. The molecule has 0 aromatic carbocycles. The van der Waals surface area contributed by atoms with Crippen molar-refractivity contribution in [2.45, 2.75) is 6.23 Å². The smallest absolute Gasteiger partial charge is 0.295 e. The van der Waals surface area contributed by atoms with E-state index in [4.69, 9.17) is 14.6 Å². The van der Waals surface area contributed by atoms with E-state index in [1.807, 2.05) is 0 Å². The van der Waals surface area contributed by atoms with Gasteiger partial charge >= 0.3 is 0 Å². The summed E-state index contributed by atoms with van der Waals surface area (Å²) in [6, 6.07) is 3.21. The summed E-state index contributed by atoms with van der Waals surface area (Å²) in [5.41, 5.74) is -0.323. The van der Waals surface area contributed by atoms with Crippen molar-refractivity contribution in [2.75, 3.05) is 20.8 Å². The third kappa shape index (κ3) is 1.94. The van der Waals surface area contributed by atoms with E-state index in [1.54, 1.807) is 12.1 Å². The lowest BCUT2D eigenvalue weighted by molar-refractivity contribution is -0.00536. The van der Waals surface area contributed by atoms with Gasteiger partial charge in [-0.05, 0) is 12.1 Å². The normalized spacial score (nSPS) is 12.5. The zero-order chi connectivity index (χ0) is 10.6. The van der Waals surface area contributed by atoms with Crippen LogP contribution < -0.4 is 10.3 Å². The van der Waals surface area contributed by atoms with E-state index >= 15 is 0 Å². The van der Waals surface area contributed by atoms with E-state index < -0.39 is 6.23 Å². The average Bonchev–Trinajstić information content (AvgIpc) is 2.22. The molecule has 0 saturated carbocycles. The van der Waals surface area contributed by atoms with E-state index in [2.05, 4.69) is 0 Å². The quantitative estimate of drug-likeness (QED) is 0.741. The molecule has 0 amide bonds. The Hall–Kier alpha value is -1.33. The van der Waals surface area contributed by atoms with Crippen LogP contribution in [0.2, 0.25) is 0 Å². The number of hydrogen-bond acceptors (Lipinski definition) is 4. The van der Waals surface area contributed by atoms with Crippen molar-refractivity contribution in [3.05, 3.63) is 28.7 Å². The number of aromatic nitrogens is 1. The molecule has 1 heterocycles. The van der Waals surface area contributed by atoms with Crippen LogP contribution in [0, 0.1) is 0 Å². The first kappa shape index (κ1) is 10.7. The van der Waals surface area contributed by atoms with Crippen LogP contribution in [0.25, 0.3) is 0 Å². The molecule has 1 aromatic heterocycles. The molecule has 5 heteroatoms. The Morgan fingerprint density at radius 3 is 2.79 bits per heavy atom. The largest absolute Gasteiger partial charge is 0.491 e. The third-order valence-electron chi connectivity index (χ3n) is 1.90. The first-order valence-corrected chi connectivity index (χ1v) is 4.13. The second-order valence-corrected chi connectivity index (χ2v) is 2.66. The van der Waals surface area contributed by atoms with E-state index in [-0.39, 0.29) is 17.9 Å². The summed E-state index contributed by atoms with van der Waals surface area (Å²) in [7, 11) is 2.84. The molecule has 78 valence electrons. The maximum absolute atomic E-state index is 11.6. The summed E-state index contributed by atoms with van der Waals surface area (Å²) < 4.78 is 11.1. The fourth-order valence-electron chi connectivity index (χ4n) is 1.15. The summed E-state index contributed by atoms with van der Waals surface area (Å²) in [6.45, 7) is -0.260. The third-order valence-corrected chi connectivity index (χ3v) is 1.90. The molecule has 14 heavy (non-hydrogen) atoms. The number of aliphatic hydroxyl groups excluding tert-OH is 1. The molecule has 0 fully saturated rings. The van der Waals surface area contributed by atoms with Gasteiger partial charge in [0.15, 0.2) is 12.0 Å². The number of methoxy groups -OCH3 is 2. The van der Waals surface area contributed by atoms with Gasteiger partial charge in [0.25, 0.3) is 5.56 Å². The first-order chi connectivity index (χ1) is 6.74. The SMILES string of the molecule is COc1cccn(C(CO)OC)c1=O. The second kappa shape index (κ2) is 4.78. The van der Waals surface area contributed by atoms with Crippen LogP contribution in [-0.4, -0.2) is 30.5 Å². The zero-order valence-corrected chi connectivity index (χ0v) is 8.14. The molecule has 0 aliphatic heterocycles. The summed E-state index contributed by atoms with van der Waals surface area (Å²) >= 11 is 0. The number of rotatable bonds is 4. The van der Waals surface area contributed by atoms with E-state index in [9.17, 15) is 4.79 Å². The van der Waals surface area contributed by atoms with Crippen molar-refractivity contribution in [2.24, 2.45) is 0 Å². The molecule has 0 aliphatic rings. The summed E-state index contributed by atoms with van der Waals surface area (Å²) in [5, 5.41) is 8.94. The van der Waals surface area contributed by atoms with Crippen LogP contribution in [0.15, 0.2) is 23.1 Å². The minimum Gasteiger partial charge on any atom is -0.491 e. The Kier molecular flexibility index (Phi) is 3.67. The van der Waals surface area contributed by atoms with Crippen LogP contribution in [0.4, 0.5) is 0 Å². The highest BCUT2D eigenvalue weighted by Crippen LogP contribution is 2.06. The van der Waals surface area contributed by atoms with Crippen LogP contribution in [0.3, 0.4) is 0 Å². The van der Waals surface area contributed by atoms with Gasteiger partial charge in [0, 0.05) is 13.3 Å². The molecule has 1 unspecified atom stereocenters. The summed E-state index contributed by atoms with van der Waals surface area (Å²) in [5.74, 6) is 0.225. The van der Waals surface area contributed by atoms with E-state index in [1.165, 1.54) is 25.0 Å². The maximum atomic E-state index is 11.6. The molecule has 0 saturated heterocycles. The monoisotopic (exact) mass is 199 g/mol. The van der Waals surface area contributed by atoms with Crippen molar-refractivity contribution in [3.63, 3.8) is 0 Å². The van der Waals surface area contributed by atoms with Crippen molar-refractivity contribution >= 4 is 0 Å². The van der Waals surface area contributed by atoms with Gasteiger partial charge in [0.05, 0.1) is 13.7 Å². The molecule has 0 radical (unpaired) electrons. The molecule has 0 bridgehead atoms. The highest BCUT2D eigenvalue weighted by Gasteiger charge is 2.11. The van der Waals surface area contributed by atoms with Crippen LogP contribution in [0.5, 0.6) is 5.75 Å². The van der Waals surface area contributed by atoms with Crippen molar-refractivity contribution in [3.8, 4) is 5.75 Å². The molecular formula is C9H13NO4. The zero-order valence-electron chi connectivity index (χ0n) is 8.14. The van der Waals surface area contributed by atoms with Gasteiger partial charge in [0.1, 0.15) is 0 Å². The van der Waals surface area contributed by atoms with Crippen molar-refractivity contribution < 1.29 is 14.6 Å². The fourth-order valence-corrected chi connectivity index (χ4v) is 1.15. The predicted octanol–water partition coefficient (Wildman–Crippen LogP) is -0.00580. The van der Waals surface area contributed by atoms with Crippen LogP contribution >= 0.6 is 0 Å². The van der Waals surface area contributed by atoms with E-state index in [0.29, 0.717) is 0 Å². The lowest BCUT2D eigenvalue weighted by Gasteiger charge is -2.15. The van der Waals surface area contributed by atoms with Gasteiger partial charge in [-0.15, -0.1) is 0 Å². The minimum atomic E-state index is -0.669. The fraction of sp³-hybridized carbons (Fsp3) is 0.444. The Labute approximate surface area is 81.5 Å². The molecule has 0 aliphatic carbocycles. The Morgan fingerprint density at radius 1 is 1.57 bits per heavy atom. The summed E-state index contributed by atoms with van der Waals surface area (Å²) in [4.78, 5) is 11.6. The van der Waals surface area contributed by atoms with Gasteiger partial charge in [-0.3, -0.25) is 9.36 Å². The number of pyridine rings is 1. The average molecular weight is 199 g/mol. The second-order valence-electron chi connectivity index (χ2n) is 2.66. The Balaban J connectivity index is 3.14. The van der Waals surface area contributed by atoms with Crippen molar-refractivity contribution in [1.29, 1.82) is 0 Å². The topological polar surface area (TPSA) is 60.7 Å². The van der Waals surface area contributed by atoms with Crippen LogP contribution in [0.1, 0.15) is 6.23 Å². The van der Waals surface area contributed by atoms with Gasteiger partial charge in [0.2, 0.25) is 0 Å². The predicted molar refractivity (Wildman–Crippen MR) is 50.4 cm³/mol. The molecule has 1 rings (SSSR count). The lowest BCUT2D eigenvalue weighted by Crippen LogP contribution is -2.28. The van der Waals surface area contributed by atoms with E-state index in [0.717, 1.165) is 0 Å². The number of nitrogens with zero attached hydrogens (tertiary/aromatic N) is 1. The van der Waals surface area contributed by atoms with Gasteiger partial charge in [-0.2, -0.15) is 0 Å². The molecule has 1 atom stereocenters. The van der Waals surface area contributed by atoms with Gasteiger partial charge < -0.3 is 14.6 Å². The minimum absolute atomic E-state index is 0.225. The van der Waals surface area contributed by atoms with Gasteiger partial charge in [-0.1, -0.05) is 0 Å². The first-order valence-electron chi connectivity index (χ1n) is 4.13. The highest BCUT2D eigenvalue weighted by molar-refractivity contribution is 5.17. The standard InChI is InChI=1S/C9H13NO4/c1-13-7-4-3-5-10(9(7)12)8(6-11)14-2/h3-5,8,11H,6H2,1-2H3. The molecular weight excluding hydrogens is 186 g/mol. The molecule has 5 nitrogen and oxygen atoms in total. The lowest BCUT2D eigenvalue weighted by atomic mass is 10.4. The van der Waals surface area contributed by atoms with Crippen molar-refractivity contribution in [1.82, 2.24) is 4.57 Å². The van der Waals surface area contributed by atoms with Gasteiger partial charge in [-0.25, -0.2) is 0 Å². The number of aliphatic hydroxyl groups is 1. The molecule has 0 spiro atoms. The number of hydrogen-bond donors (Lipinski definition) is 1. The maximum Gasteiger partial charge on any atom is 0.295 e. The highest BCUT2D eigenvalue weighted by atomic mass is 16.5. The number of ether oxygens (including phenoxy) is 2. The molecule has 1 aromatic rings. The molecule has 1 N–H and O–H groups in total. The Bertz CT molecular complexity index is 343.